The van der Waals surface area contributed by atoms with Gasteiger partial charge in [-0.05, 0) is 46.5 Å². The molecule has 2 atom stereocenters. The van der Waals surface area contributed by atoms with Gasteiger partial charge in [0.15, 0.2) is 0 Å². The molecule has 0 bridgehead atoms. The van der Waals surface area contributed by atoms with Crippen molar-refractivity contribution in [3.8, 4) is 0 Å². The lowest BCUT2D eigenvalue weighted by Gasteiger charge is -2.12. The smallest absolute Gasteiger partial charge is 0.236 e. The Kier molecular flexibility index (Phi) is 3.91. The minimum absolute atomic E-state index is 0.0333. The molecule has 136 valence electrons. The molecule has 0 radical (unpaired) electrons. The monoisotopic (exact) mass is 430 g/mol. The van der Waals surface area contributed by atoms with Gasteiger partial charge in [-0.2, -0.15) is 0 Å². The van der Waals surface area contributed by atoms with Gasteiger partial charge >= 0.3 is 0 Å². The van der Waals surface area contributed by atoms with Crippen LogP contribution in [0.4, 0.5) is 11.4 Å². The molecule has 3 aromatic rings. The average Bonchev–Trinajstić information content (AvgIpc) is 3.16. The molecule has 2 heterocycles. The van der Waals surface area contributed by atoms with Gasteiger partial charge in [-0.3, -0.25) is 9.59 Å². The van der Waals surface area contributed by atoms with Gasteiger partial charge in [-0.1, -0.05) is 57.8 Å². The molecule has 2 amide bonds. The molecular formula is C22H16BBrN2O2. The molecule has 5 rings (SSSR count). The SMILES string of the molecule is Bc1ccc(C2C(=O)Nc3cc4c(cc32)NC(=O)C4c2ccc(Br)cc2)cc1. The molecule has 0 aliphatic carbocycles. The predicted octanol–water partition coefficient (Wildman–Crippen LogP) is 2.88. The number of halogens is 1. The summed E-state index contributed by atoms with van der Waals surface area (Å²) in [4.78, 5) is 25.4. The van der Waals surface area contributed by atoms with Gasteiger partial charge in [0.1, 0.15) is 7.85 Å². The van der Waals surface area contributed by atoms with Crippen molar-refractivity contribution in [2.45, 2.75) is 11.8 Å². The highest BCUT2D eigenvalue weighted by Crippen LogP contribution is 2.45. The van der Waals surface area contributed by atoms with Crippen LogP contribution in [0, 0.1) is 0 Å². The minimum Gasteiger partial charge on any atom is -0.325 e. The van der Waals surface area contributed by atoms with Crippen molar-refractivity contribution in [1.29, 1.82) is 0 Å². The molecular weight excluding hydrogens is 415 g/mol. The summed E-state index contributed by atoms with van der Waals surface area (Å²) in [6, 6.07) is 19.7. The standard InChI is InChI=1S/C22H16BBrN2O2/c23-13-5-1-11(2-6-13)19-15-9-18-16(10-17(15)25-21(19)27)20(22(28)26-18)12-3-7-14(24)8-4-12/h1-10,19-20H,23H2,(H,25,27)(H,26,28). The molecule has 0 spiro atoms. The zero-order valence-corrected chi connectivity index (χ0v) is 16.7. The number of hydrogen-bond donors (Lipinski definition) is 2. The first-order valence-corrected chi connectivity index (χ1v) is 9.92. The van der Waals surface area contributed by atoms with Crippen molar-refractivity contribution < 1.29 is 9.59 Å². The molecule has 3 aromatic carbocycles. The molecule has 6 heteroatoms. The normalized spacial score (nSPS) is 19.8. The first-order valence-electron chi connectivity index (χ1n) is 9.13. The summed E-state index contributed by atoms with van der Waals surface area (Å²) in [5, 5.41) is 6.00. The number of carbonyl (C=O) groups excluding carboxylic acids is 2. The summed E-state index contributed by atoms with van der Waals surface area (Å²) >= 11 is 3.43. The van der Waals surface area contributed by atoms with Crippen LogP contribution in [0.25, 0.3) is 0 Å². The summed E-state index contributed by atoms with van der Waals surface area (Å²) < 4.78 is 0.969. The summed E-state index contributed by atoms with van der Waals surface area (Å²) in [6.45, 7) is 0. The lowest BCUT2D eigenvalue weighted by molar-refractivity contribution is -0.117. The van der Waals surface area contributed by atoms with Crippen molar-refractivity contribution in [2.75, 3.05) is 10.6 Å². The third-order valence-corrected chi connectivity index (χ3v) is 6.03. The molecule has 28 heavy (non-hydrogen) atoms. The van der Waals surface area contributed by atoms with E-state index in [4.69, 9.17) is 0 Å². The van der Waals surface area contributed by atoms with Crippen LogP contribution < -0.4 is 16.1 Å². The summed E-state index contributed by atoms with van der Waals surface area (Å²) in [7, 11) is 2.02. The predicted molar refractivity (Wildman–Crippen MR) is 116 cm³/mol. The average molecular weight is 431 g/mol. The summed E-state index contributed by atoms with van der Waals surface area (Å²) in [6.07, 6.45) is 0. The fourth-order valence-electron chi connectivity index (χ4n) is 4.10. The van der Waals surface area contributed by atoms with Gasteiger partial charge in [-0.15, -0.1) is 0 Å². The number of amides is 2. The van der Waals surface area contributed by atoms with Gasteiger partial charge in [0, 0.05) is 15.8 Å². The molecule has 0 fully saturated rings. The Morgan fingerprint density at radius 1 is 0.714 bits per heavy atom. The van der Waals surface area contributed by atoms with Crippen LogP contribution in [-0.4, -0.2) is 19.7 Å². The summed E-state index contributed by atoms with van der Waals surface area (Å²) in [5.74, 6) is -0.804. The lowest BCUT2D eigenvalue weighted by atomic mass is 9.87. The van der Waals surface area contributed by atoms with E-state index in [0.717, 1.165) is 43.6 Å². The van der Waals surface area contributed by atoms with Crippen LogP contribution in [0.3, 0.4) is 0 Å². The molecule has 4 nitrogen and oxygen atoms in total. The van der Waals surface area contributed by atoms with Crippen molar-refractivity contribution in [2.24, 2.45) is 0 Å². The quantitative estimate of drug-likeness (QED) is 0.614. The number of benzene rings is 3. The Balaban J connectivity index is 1.59. The van der Waals surface area contributed by atoms with E-state index in [1.807, 2.05) is 68.5 Å². The number of carbonyl (C=O) groups is 2. The number of hydrogen-bond acceptors (Lipinski definition) is 2. The summed E-state index contributed by atoms with van der Waals surface area (Å²) in [5.41, 5.74) is 6.41. The highest BCUT2D eigenvalue weighted by Gasteiger charge is 2.38. The van der Waals surface area contributed by atoms with Crippen LogP contribution in [0.15, 0.2) is 65.1 Å². The van der Waals surface area contributed by atoms with E-state index in [9.17, 15) is 9.59 Å². The maximum atomic E-state index is 12.7. The van der Waals surface area contributed by atoms with Gasteiger partial charge in [0.25, 0.3) is 0 Å². The Morgan fingerprint density at radius 3 is 1.61 bits per heavy atom. The number of fused-ring (bicyclic) bond motifs is 2. The zero-order chi connectivity index (χ0) is 19.4. The second-order valence-corrected chi connectivity index (χ2v) is 8.25. The van der Waals surface area contributed by atoms with Gasteiger partial charge in [0.05, 0.1) is 11.8 Å². The second kappa shape index (κ2) is 6.35. The van der Waals surface area contributed by atoms with Crippen LogP contribution in [0.1, 0.15) is 34.1 Å². The van der Waals surface area contributed by atoms with E-state index < -0.39 is 0 Å². The highest BCUT2D eigenvalue weighted by molar-refractivity contribution is 9.10. The Morgan fingerprint density at radius 2 is 1.14 bits per heavy atom. The maximum Gasteiger partial charge on any atom is 0.236 e. The van der Waals surface area contributed by atoms with E-state index in [-0.39, 0.29) is 23.7 Å². The van der Waals surface area contributed by atoms with E-state index in [0.29, 0.717) is 0 Å². The zero-order valence-electron chi connectivity index (χ0n) is 15.1. The van der Waals surface area contributed by atoms with Crippen LogP contribution in [0.2, 0.25) is 0 Å². The topological polar surface area (TPSA) is 58.2 Å². The molecule has 2 N–H and O–H groups in total. The van der Waals surface area contributed by atoms with Crippen LogP contribution in [-0.2, 0) is 9.59 Å². The molecule has 2 aliphatic heterocycles. The van der Waals surface area contributed by atoms with E-state index >= 15 is 0 Å². The lowest BCUT2D eigenvalue weighted by Crippen LogP contribution is -2.14. The molecule has 0 aromatic heterocycles. The van der Waals surface area contributed by atoms with Gasteiger partial charge < -0.3 is 10.6 Å². The number of nitrogens with one attached hydrogen (secondary N) is 2. The first-order chi connectivity index (χ1) is 13.5. The van der Waals surface area contributed by atoms with Crippen molar-refractivity contribution in [3.05, 3.63) is 87.4 Å². The van der Waals surface area contributed by atoms with Crippen LogP contribution >= 0.6 is 15.9 Å². The third-order valence-electron chi connectivity index (χ3n) is 5.50. The fraction of sp³-hybridized carbons (Fsp3) is 0.0909. The second-order valence-electron chi connectivity index (χ2n) is 7.33. The largest absolute Gasteiger partial charge is 0.325 e. The van der Waals surface area contributed by atoms with Gasteiger partial charge in [-0.25, -0.2) is 0 Å². The van der Waals surface area contributed by atoms with Crippen molar-refractivity contribution >= 4 is 52.4 Å². The fourth-order valence-corrected chi connectivity index (χ4v) is 4.36. The third kappa shape index (κ3) is 2.67. The van der Waals surface area contributed by atoms with Crippen molar-refractivity contribution in [1.82, 2.24) is 0 Å². The molecule has 0 saturated carbocycles. The number of rotatable bonds is 2. The highest BCUT2D eigenvalue weighted by atomic mass is 79.9. The van der Waals surface area contributed by atoms with Crippen molar-refractivity contribution in [3.63, 3.8) is 0 Å². The van der Waals surface area contributed by atoms with Gasteiger partial charge in [0.2, 0.25) is 11.8 Å². The van der Waals surface area contributed by atoms with Crippen LogP contribution in [0.5, 0.6) is 0 Å². The molecule has 2 unspecified atom stereocenters. The molecule has 0 saturated heterocycles. The van der Waals surface area contributed by atoms with E-state index in [1.54, 1.807) is 0 Å². The molecule has 2 aliphatic rings. The van der Waals surface area contributed by atoms with E-state index in [1.165, 1.54) is 0 Å². The number of anilines is 2. The Bertz CT molecular complexity index is 1040. The Hall–Kier alpha value is -2.86. The Labute approximate surface area is 171 Å². The minimum atomic E-state index is -0.372. The van der Waals surface area contributed by atoms with E-state index in [2.05, 4.69) is 26.6 Å². The maximum absolute atomic E-state index is 12.7. The first kappa shape index (κ1) is 17.3.